The molecular weight excluding hydrogens is 362 g/mol. The Balaban J connectivity index is 1.37. The second-order valence-electron chi connectivity index (χ2n) is 9.26. The van der Waals surface area contributed by atoms with Crippen LogP contribution in [0.25, 0.3) is 0 Å². The molecule has 0 bridgehead atoms. The van der Waals surface area contributed by atoms with E-state index in [1.165, 1.54) is 30.5 Å². The Kier molecular flexibility index (Phi) is 8.52. The zero-order chi connectivity index (χ0) is 20.6. The standard InChI is InChI=1S/C24H39N3O2/c1-19(2)16-21-4-6-23(7-5-21)20(3)25-24(28)18-26-10-8-22(9-11-26)17-27-12-14-29-15-13-27/h4-7,19-20,22H,8-18H2,1-3H3,(H,25,28). The van der Waals surface area contributed by atoms with Crippen LogP contribution in [0.2, 0.25) is 0 Å². The zero-order valence-electron chi connectivity index (χ0n) is 18.5. The molecule has 1 amide bonds. The summed E-state index contributed by atoms with van der Waals surface area (Å²) in [6.07, 6.45) is 3.48. The molecule has 2 saturated heterocycles. The highest BCUT2D eigenvalue weighted by Crippen LogP contribution is 2.19. The second kappa shape index (κ2) is 11.1. The molecule has 0 spiro atoms. The van der Waals surface area contributed by atoms with Crippen LogP contribution >= 0.6 is 0 Å². The molecule has 2 heterocycles. The fourth-order valence-electron chi connectivity index (χ4n) is 4.46. The molecule has 1 aromatic rings. The lowest BCUT2D eigenvalue weighted by Crippen LogP contribution is -2.45. The van der Waals surface area contributed by atoms with Gasteiger partial charge in [0.05, 0.1) is 25.8 Å². The van der Waals surface area contributed by atoms with E-state index in [0.717, 1.165) is 51.7 Å². The first kappa shape index (κ1) is 22.3. The molecule has 162 valence electrons. The lowest BCUT2D eigenvalue weighted by atomic mass is 9.96. The predicted octanol–water partition coefficient (Wildman–Crippen LogP) is 3.11. The summed E-state index contributed by atoms with van der Waals surface area (Å²) in [5, 5.41) is 3.18. The topological polar surface area (TPSA) is 44.8 Å². The maximum Gasteiger partial charge on any atom is 0.234 e. The molecule has 2 aliphatic rings. The Morgan fingerprint density at radius 1 is 1.03 bits per heavy atom. The average molecular weight is 402 g/mol. The first-order valence-electron chi connectivity index (χ1n) is 11.4. The third-order valence-electron chi connectivity index (χ3n) is 6.20. The van der Waals surface area contributed by atoms with Crippen LogP contribution in [-0.2, 0) is 16.0 Å². The Morgan fingerprint density at radius 2 is 1.69 bits per heavy atom. The van der Waals surface area contributed by atoms with Crippen molar-refractivity contribution in [2.45, 2.75) is 46.1 Å². The monoisotopic (exact) mass is 401 g/mol. The van der Waals surface area contributed by atoms with Gasteiger partial charge in [0.15, 0.2) is 0 Å². The van der Waals surface area contributed by atoms with Crippen LogP contribution in [0.5, 0.6) is 0 Å². The molecule has 1 unspecified atom stereocenters. The lowest BCUT2D eigenvalue weighted by Gasteiger charge is -2.35. The molecule has 1 N–H and O–H groups in total. The van der Waals surface area contributed by atoms with Crippen molar-refractivity contribution in [2.24, 2.45) is 11.8 Å². The summed E-state index contributed by atoms with van der Waals surface area (Å²) in [5.41, 5.74) is 2.54. The minimum absolute atomic E-state index is 0.0504. The Hall–Kier alpha value is -1.43. The van der Waals surface area contributed by atoms with Crippen LogP contribution in [0.3, 0.4) is 0 Å². The summed E-state index contributed by atoms with van der Waals surface area (Å²) in [6.45, 7) is 14.2. The molecule has 29 heavy (non-hydrogen) atoms. The van der Waals surface area contributed by atoms with Crippen molar-refractivity contribution >= 4 is 5.91 Å². The molecule has 0 saturated carbocycles. The van der Waals surface area contributed by atoms with E-state index in [4.69, 9.17) is 4.74 Å². The summed E-state index contributed by atoms with van der Waals surface area (Å²) in [7, 11) is 0. The Morgan fingerprint density at radius 3 is 2.31 bits per heavy atom. The van der Waals surface area contributed by atoms with Crippen LogP contribution in [0, 0.1) is 11.8 Å². The van der Waals surface area contributed by atoms with E-state index in [-0.39, 0.29) is 11.9 Å². The van der Waals surface area contributed by atoms with E-state index in [1.807, 2.05) is 0 Å². The van der Waals surface area contributed by atoms with E-state index in [0.29, 0.717) is 12.5 Å². The SMILES string of the molecule is CC(C)Cc1ccc(C(C)NC(=O)CN2CCC(CN3CCOCC3)CC2)cc1. The van der Waals surface area contributed by atoms with Crippen LogP contribution < -0.4 is 5.32 Å². The van der Waals surface area contributed by atoms with E-state index >= 15 is 0 Å². The van der Waals surface area contributed by atoms with Gasteiger partial charge in [-0.3, -0.25) is 14.6 Å². The van der Waals surface area contributed by atoms with Crippen molar-refractivity contribution in [1.29, 1.82) is 0 Å². The van der Waals surface area contributed by atoms with Crippen molar-refractivity contribution in [1.82, 2.24) is 15.1 Å². The molecular formula is C24H39N3O2. The lowest BCUT2D eigenvalue weighted by molar-refractivity contribution is -0.123. The predicted molar refractivity (Wildman–Crippen MR) is 118 cm³/mol. The minimum atomic E-state index is 0.0504. The number of carbonyl (C=O) groups is 1. The molecule has 0 radical (unpaired) electrons. The van der Waals surface area contributed by atoms with Crippen LogP contribution in [0.1, 0.15) is 50.8 Å². The summed E-state index contributed by atoms with van der Waals surface area (Å²) in [6, 6.07) is 8.74. The normalized spacial score (nSPS) is 20.7. The van der Waals surface area contributed by atoms with Gasteiger partial charge in [0.1, 0.15) is 0 Å². The fraction of sp³-hybridized carbons (Fsp3) is 0.708. The summed E-state index contributed by atoms with van der Waals surface area (Å²) in [5.74, 6) is 1.56. The van der Waals surface area contributed by atoms with Crippen molar-refractivity contribution in [3.63, 3.8) is 0 Å². The Labute approximate surface area is 176 Å². The van der Waals surface area contributed by atoms with Crippen molar-refractivity contribution in [2.75, 3.05) is 52.5 Å². The van der Waals surface area contributed by atoms with Gasteiger partial charge in [-0.25, -0.2) is 0 Å². The largest absolute Gasteiger partial charge is 0.379 e. The average Bonchev–Trinajstić information content (AvgIpc) is 2.70. The first-order chi connectivity index (χ1) is 14.0. The van der Waals surface area contributed by atoms with Crippen LogP contribution in [-0.4, -0.2) is 68.2 Å². The summed E-state index contributed by atoms with van der Waals surface area (Å²) in [4.78, 5) is 17.4. The van der Waals surface area contributed by atoms with Crippen LogP contribution in [0.15, 0.2) is 24.3 Å². The molecule has 5 nitrogen and oxygen atoms in total. The smallest absolute Gasteiger partial charge is 0.234 e. The quantitative estimate of drug-likeness (QED) is 0.727. The second-order valence-corrected chi connectivity index (χ2v) is 9.26. The van der Waals surface area contributed by atoms with E-state index < -0.39 is 0 Å². The van der Waals surface area contributed by atoms with Gasteiger partial charge >= 0.3 is 0 Å². The van der Waals surface area contributed by atoms with E-state index in [9.17, 15) is 4.79 Å². The van der Waals surface area contributed by atoms with Crippen LogP contribution in [0.4, 0.5) is 0 Å². The number of amides is 1. The number of hydrogen-bond acceptors (Lipinski definition) is 4. The van der Waals surface area contributed by atoms with Gasteiger partial charge in [0, 0.05) is 19.6 Å². The third-order valence-corrected chi connectivity index (χ3v) is 6.20. The summed E-state index contributed by atoms with van der Waals surface area (Å²) >= 11 is 0. The molecule has 2 fully saturated rings. The van der Waals surface area contributed by atoms with Crippen molar-refractivity contribution in [3.05, 3.63) is 35.4 Å². The highest BCUT2D eigenvalue weighted by atomic mass is 16.5. The fourth-order valence-corrected chi connectivity index (χ4v) is 4.46. The van der Waals surface area contributed by atoms with Crippen molar-refractivity contribution in [3.8, 4) is 0 Å². The van der Waals surface area contributed by atoms with Crippen molar-refractivity contribution < 1.29 is 9.53 Å². The molecule has 1 aromatic carbocycles. The van der Waals surface area contributed by atoms with E-state index in [2.05, 4.69) is 60.2 Å². The van der Waals surface area contributed by atoms with Gasteiger partial charge in [-0.1, -0.05) is 38.1 Å². The third kappa shape index (κ3) is 7.40. The maximum absolute atomic E-state index is 12.5. The minimum Gasteiger partial charge on any atom is -0.379 e. The number of nitrogens with zero attached hydrogens (tertiary/aromatic N) is 2. The number of nitrogens with one attached hydrogen (secondary N) is 1. The molecule has 0 aromatic heterocycles. The molecule has 3 rings (SSSR count). The zero-order valence-corrected chi connectivity index (χ0v) is 18.5. The van der Waals surface area contributed by atoms with Gasteiger partial charge in [0.25, 0.3) is 0 Å². The van der Waals surface area contributed by atoms with Gasteiger partial charge in [0.2, 0.25) is 5.91 Å². The Bertz CT molecular complexity index is 618. The molecule has 1 atom stereocenters. The number of rotatable bonds is 8. The number of carbonyl (C=O) groups excluding carboxylic acids is 1. The molecule has 0 aliphatic carbocycles. The maximum atomic E-state index is 12.5. The van der Waals surface area contributed by atoms with Gasteiger partial charge in [-0.05, 0) is 62.2 Å². The molecule has 2 aliphatic heterocycles. The van der Waals surface area contributed by atoms with Gasteiger partial charge < -0.3 is 10.1 Å². The van der Waals surface area contributed by atoms with E-state index in [1.54, 1.807) is 0 Å². The summed E-state index contributed by atoms with van der Waals surface area (Å²) < 4.78 is 5.44. The number of likely N-dealkylation sites (tertiary alicyclic amines) is 1. The molecule has 5 heteroatoms. The van der Waals surface area contributed by atoms with Gasteiger partial charge in [-0.15, -0.1) is 0 Å². The highest BCUT2D eigenvalue weighted by Gasteiger charge is 2.24. The van der Waals surface area contributed by atoms with Gasteiger partial charge in [-0.2, -0.15) is 0 Å². The first-order valence-corrected chi connectivity index (χ1v) is 11.4. The number of benzene rings is 1. The number of morpholine rings is 1. The number of hydrogen-bond donors (Lipinski definition) is 1. The highest BCUT2D eigenvalue weighted by molar-refractivity contribution is 5.78. The number of ether oxygens (including phenoxy) is 1. The number of piperidine rings is 1.